The second-order valence-corrected chi connectivity index (χ2v) is 3.07. The summed E-state index contributed by atoms with van der Waals surface area (Å²) in [5.41, 5.74) is 0. The lowest BCUT2D eigenvalue weighted by molar-refractivity contribution is -0.209. The number of aliphatic hydroxyl groups excluding tert-OH is 6. The molecule has 0 spiro atoms. The maximum atomic E-state index is 9.27. The third kappa shape index (κ3) is 4.39. The lowest BCUT2D eigenvalue weighted by Gasteiger charge is -2.28. The van der Waals surface area contributed by atoms with Crippen molar-refractivity contribution >= 4 is 0 Å². The van der Waals surface area contributed by atoms with E-state index in [1.807, 2.05) is 0 Å². The molecule has 0 bridgehead atoms. The smallest absolute Gasteiger partial charge is 0.183 e. The topological polar surface area (TPSA) is 131 Å². The summed E-state index contributed by atoms with van der Waals surface area (Å²) in [5, 5.41) is 54.3. The van der Waals surface area contributed by atoms with E-state index in [2.05, 4.69) is 4.74 Å². The first-order valence-corrected chi connectivity index (χ1v) is 4.58. The molecule has 0 rings (SSSR count). The minimum Gasteiger partial charge on any atom is -0.394 e. The van der Waals surface area contributed by atoms with Gasteiger partial charge in [0.05, 0.1) is 6.61 Å². The second-order valence-electron chi connectivity index (χ2n) is 3.07. The number of ether oxygens (including phenoxy) is 1. The second kappa shape index (κ2) is 7.07. The molecule has 0 aliphatic rings. The van der Waals surface area contributed by atoms with E-state index in [0.717, 1.165) is 0 Å². The van der Waals surface area contributed by atoms with E-state index in [9.17, 15) is 15.3 Å². The minimum absolute atomic E-state index is 0.115. The first kappa shape index (κ1) is 14.7. The van der Waals surface area contributed by atoms with Crippen LogP contribution in [0.25, 0.3) is 0 Å². The average Bonchev–Trinajstić information content (AvgIpc) is 2.25. The quantitative estimate of drug-likeness (QED) is 0.252. The highest BCUT2D eigenvalue weighted by molar-refractivity contribution is 4.81. The summed E-state index contributed by atoms with van der Waals surface area (Å²) in [6.07, 6.45) is -8.59. The van der Waals surface area contributed by atoms with E-state index >= 15 is 0 Å². The Labute approximate surface area is 87.2 Å². The van der Waals surface area contributed by atoms with Crippen molar-refractivity contribution in [2.75, 3.05) is 13.2 Å². The SMILES string of the molecule is CCOC(O)[C@H](O)[C@@H](O)[C@H](O)[C@H](O)CO. The van der Waals surface area contributed by atoms with Gasteiger partial charge in [-0.3, -0.25) is 0 Å². The van der Waals surface area contributed by atoms with Crippen molar-refractivity contribution in [1.82, 2.24) is 0 Å². The minimum atomic E-state index is -1.81. The van der Waals surface area contributed by atoms with Gasteiger partial charge >= 0.3 is 0 Å². The van der Waals surface area contributed by atoms with Gasteiger partial charge in [0.2, 0.25) is 0 Å². The average molecular weight is 226 g/mol. The maximum absolute atomic E-state index is 9.27. The molecule has 1 unspecified atom stereocenters. The molecule has 0 fully saturated rings. The van der Waals surface area contributed by atoms with E-state index in [-0.39, 0.29) is 6.61 Å². The van der Waals surface area contributed by atoms with Crippen LogP contribution in [0, 0.1) is 0 Å². The fourth-order valence-corrected chi connectivity index (χ4v) is 0.976. The normalized spacial score (nSPS) is 21.8. The summed E-state index contributed by atoms with van der Waals surface area (Å²) in [7, 11) is 0. The molecule has 7 nitrogen and oxygen atoms in total. The van der Waals surface area contributed by atoms with Gasteiger partial charge in [-0.1, -0.05) is 0 Å². The van der Waals surface area contributed by atoms with Gasteiger partial charge in [-0.05, 0) is 6.92 Å². The highest BCUT2D eigenvalue weighted by atomic mass is 16.6. The fourth-order valence-electron chi connectivity index (χ4n) is 0.976. The molecule has 0 aliphatic heterocycles. The Morgan fingerprint density at radius 3 is 1.87 bits per heavy atom. The van der Waals surface area contributed by atoms with Crippen LogP contribution < -0.4 is 0 Å². The van der Waals surface area contributed by atoms with Gasteiger partial charge < -0.3 is 35.4 Å². The third-order valence-electron chi connectivity index (χ3n) is 1.91. The van der Waals surface area contributed by atoms with Crippen molar-refractivity contribution in [2.45, 2.75) is 37.6 Å². The molecule has 0 aromatic carbocycles. The zero-order valence-corrected chi connectivity index (χ0v) is 8.39. The zero-order chi connectivity index (χ0) is 12.0. The number of hydrogen-bond acceptors (Lipinski definition) is 7. The van der Waals surface area contributed by atoms with Crippen LogP contribution in [0.3, 0.4) is 0 Å². The number of hydrogen-bond donors (Lipinski definition) is 6. The molecule has 0 heterocycles. The van der Waals surface area contributed by atoms with E-state index in [0.29, 0.717) is 0 Å². The molecule has 0 radical (unpaired) electrons. The summed E-state index contributed by atoms with van der Waals surface area (Å²) in [6.45, 7) is 0.917. The van der Waals surface area contributed by atoms with Crippen LogP contribution in [0.15, 0.2) is 0 Å². The predicted molar refractivity (Wildman–Crippen MR) is 48.7 cm³/mol. The van der Waals surface area contributed by atoms with E-state index in [4.69, 9.17) is 15.3 Å². The highest BCUT2D eigenvalue weighted by Gasteiger charge is 2.34. The summed E-state index contributed by atoms with van der Waals surface area (Å²) in [5.74, 6) is 0. The summed E-state index contributed by atoms with van der Waals surface area (Å²) < 4.78 is 4.58. The molecule has 7 heteroatoms. The summed E-state index contributed by atoms with van der Waals surface area (Å²) >= 11 is 0. The largest absolute Gasteiger partial charge is 0.394 e. The molecule has 0 aliphatic carbocycles. The van der Waals surface area contributed by atoms with Gasteiger partial charge in [-0.25, -0.2) is 0 Å². The Morgan fingerprint density at radius 2 is 1.47 bits per heavy atom. The lowest BCUT2D eigenvalue weighted by Crippen LogP contribution is -2.50. The predicted octanol–water partition coefficient (Wildman–Crippen LogP) is -3.22. The van der Waals surface area contributed by atoms with Gasteiger partial charge in [0, 0.05) is 6.61 Å². The third-order valence-corrected chi connectivity index (χ3v) is 1.91. The van der Waals surface area contributed by atoms with Crippen molar-refractivity contribution in [3.05, 3.63) is 0 Å². The van der Waals surface area contributed by atoms with Crippen molar-refractivity contribution in [2.24, 2.45) is 0 Å². The van der Waals surface area contributed by atoms with Gasteiger partial charge in [0.1, 0.15) is 24.4 Å². The fraction of sp³-hybridized carbons (Fsp3) is 1.00. The van der Waals surface area contributed by atoms with Crippen LogP contribution in [0.5, 0.6) is 0 Å². The first-order valence-electron chi connectivity index (χ1n) is 4.58. The lowest BCUT2D eigenvalue weighted by atomic mass is 10.0. The number of aliphatic hydroxyl groups is 6. The Morgan fingerprint density at radius 1 is 0.933 bits per heavy atom. The molecule has 6 N–H and O–H groups in total. The van der Waals surface area contributed by atoms with Gasteiger partial charge in [0.15, 0.2) is 6.29 Å². The van der Waals surface area contributed by atoms with E-state index in [1.165, 1.54) is 0 Å². The zero-order valence-electron chi connectivity index (χ0n) is 8.39. The molecular weight excluding hydrogens is 208 g/mol. The summed E-state index contributed by atoms with van der Waals surface area (Å²) in [6, 6.07) is 0. The summed E-state index contributed by atoms with van der Waals surface area (Å²) in [4.78, 5) is 0. The molecule has 0 saturated carbocycles. The first-order chi connectivity index (χ1) is 6.95. The van der Waals surface area contributed by atoms with Crippen LogP contribution in [0.4, 0.5) is 0 Å². The van der Waals surface area contributed by atoms with E-state index < -0.39 is 37.3 Å². The maximum Gasteiger partial charge on any atom is 0.183 e. The highest BCUT2D eigenvalue weighted by Crippen LogP contribution is 2.09. The van der Waals surface area contributed by atoms with Crippen LogP contribution in [0.1, 0.15) is 6.92 Å². The molecular formula is C8H18O7. The Bertz CT molecular complexity index is 165. The Hall–Kier alpha value is -0.280. The van der Waals surface area contributed by atoms with Crippen molar-refractivity contribution in [3.8, 4) is 0 Å². The molecule has 92 valence electrons. The van der Waals surface area contributed by atoms with Crippen LogP contribution in [-0.2, 0) is 4.74 Å². The van der Waals surface area contributed by atoms with Crippen LogP contribution in [-0.4, -0.2) is 74.6 Å². The van der Waals surface area contributed by atoms with Crippen molar-refractivity contribution < 1.29 is 35.4 Å². The standard InChI is InChI=1S/C8H18O7/c1-2-15-8(14)7(13)6(12)5(11)4(10)3-9/h4-14H,2-3H2,1H3/t4-,5-,6+,7-,8?/m1/s1. The molecule has 0 amide bonds. The molecule has 0 aromatic rings. The van der Waals surface area contributed by atoms with Gasteiger partial charge in [0.25, 0.3) is 0 Å². The van der Waals surface area contributed by atoms with Crippen LogP contribution >= 0.6 is 0 Å². The Kier molecular flexibility index (Phi) is 6.94. The molecule has 5 atom stereocenters. The molecule has 15 heavy (non-hydrogen) atoms. The Balaban J connectivity index is 4.22. The van der Waals surface area contributed by atoms with Gasteiger partial charge in [-0.2, -0.15) is 0 Å². The van der Waals surface area contributed by atoms with Crippen molar-refractivity contribution in [3.63, 3.8) is 0 Å². The van der Waals surface area contributed by atoms with E-state index in [1.54, 1.807) is 6.92 Å². The molecule has 0 aromatic heterocycles. The monoisotopic (exact) mass is 226 g/mol. The molecule has 0 saturated heterocycles. The van der Waals surface area contributed by atoms with Crippen LogP contribution in [0.2, 0.25) is 0 Å². The number of rotatable bonds is 7. The van der Waals surface area contributed by atoms with Gasteiger partial charge in [-0.15, -0.1) is 0 Å². The van der Waals surface area contributed by atoms with Crippen molar-refractivity contribution in [1.29, 1.82) is 0 Å².